The van der Waals surface area contributed by atoms with Crippen LogP contribution < -0.4 is 10.6 Å². The van der Waals surface area contributed by atoms with Crippen LogP contribution in [0.1, 0.15) is 58.8 Å². The molecule has 1 saturated carbocycles. The van der Waals surface area contributed by atoms with Crippen molar-refractivity contribution in [1.82, 2.24) is 10.6 Å². The molecule has 0 atom stereocenters. The zero-order chi connectivity index (χ0) is 17.7. The third kappa shape index (κ3) is 7.99. The fourth-order valence-corrected chi connectivity index (χ4v) is 3.24. The highest BCUT2D eigenvalue weighted by molar-refractivity contribution is 5.79. The molecule has 1 fully saturated rings. The van der Waals surface area contributed by atoms with E-state index in [1.807, 2.05) is 13.8 Å². The minimum absolute atomic E-state index is 0.136. The molecule has 0 aliphatic heterocycles. The van der Waals surface area contributed by atoms with Crippen LogP contribution in [0.15, 0.2) is 4.99 Å². The number of guanidine groups is 1. The Kier molecular flexibility index (Phi) is 10.5. The van der Waals surface area contributed by atoms with Crippen LogP contribution in [0.3, 0.4) is 0 Å². The summed E-state index contributed by atoms with van der Waals surface area (Å²) < 4.78 is 10.5. The van der Waals surface area contributed by atoms with Crippen molar-refractivity contribution in [2.24, 2.45) is 10.4 Å². The van der Waals surface area contributed by atoms with Gasteiger partial charge in [0.1, 0.15) is 0 Å². The second kappa shape index (κ2) is 12.1. The molecule has 1 aliphatic rings. The molecule has 0 aromatic carbocycles. The molecule has 24 heavy (non-hydrogen) atoms. The van der Waals surface area contributed by atoms with Crippen LogP contribution in [0.5, 0.6) is 0 Å². The van der Waals surface area contributed by atoms with Crippen molar-refractivity contribution >= 4 is 11.9 Å². The van der Waals surface area contributed by atoms with Gasteiger partial charge < -0.3 is 20.1 Å². The molecule has 0 saturated heterocycles. The molecule has 0 radical (unpaired) electrons. The molecule has 2 N–H and O–H groups in total. The third-order valence-corrected chi connectivity index (χ3v) is 4.65. The van der Waals surface area contributed by atoms with E-state index in [0.717, 1.165) is 38.6 Å². The molecule has 0 heterocycles. The summed E-state index contributed by atoms with van der Waals surface area (Å²) in [6.45, 7) is 7.58. The van der Waals surface area contributed by atoms with E-state index in [1.165, 1.54) is 25.7 Å². The largest absolute Gasteiger partial charge is 0.466 e. The Morgan fingerprint density at radius 2 is 1.92 bits per heavy atom. The number of esters is 1. The van der Waals surface area contributed by atoms with Crippen LogP contribution in [-0.4, -0.2) is 51.9 Å². The first-order chi connectivity index (χ1) is 11.7. The molecular weight excluding hydrogens is 306 g/mol. The van der Waals surface area contributed by atoms with Crippen molar-refractivity contribution in [2.75, 3.05) is 40.0 Å². The smallest absolute Gasteiger partial charge is 0.305 e. The highest BCUT2D eigenvalue weighted by Crippen LogP contribution is 2.40. The van der Waals surface area contributed by atoms with Gasteiger partial charge in [0.25, 0.3) is 0 Å². The fourth-order valence-electron chi connectivity index (χ4n) is 3.24. The van der Waals surface area contributed by atoms with Crippen LogP contribution in [0.2, 0.25) is 0 Å². The minimum atomic E-state index is -0.136. The lowest BCUT2D eigenvalue weighted by molar-refractivity contribution is -0.143. The van der Waals surface area contributed by atoms with E-state index >= 15 is 0 Å². The van der Waals surface area contributed by atoms with Crippen LogP contribution >= 0.6 is 0 Å². The Balaban J connectivity index is 2.29. The van der Waals surface area contributed by atoms with Crippen molar-refractivity contribution in [3.05, 3.63) is 0 Å². The average molecular weight is 341 g/mol. The molecule has 0 amide bonds. The fraction of sp³-hybridized carbons (Fsp3) is 0.889. The van der Waals surface area contributed by atoms with Gasteiger partial charge in [-0.25, -0.2) is 0 Å². The maximum atomic E-state index is 11.3. The Bertz CT molecular complexity index is 380. The summed E-state index contributed by atoms with van der Waals surface area (Å²) in [7, 11) is 1.78. The molecule has 0 aromatic heterocycles. The number of hydrogen-bond acceptors (Lipinski definition) is 4. The van der Waals surface area contributed by atoms with E-state index in [9.17, 15) is 4.79 Å². The third-order valence-electron chi connectivity index (χ3n) is 4.65. The van der Waals surface area contributed by atoms with E-state index < -0.39 is 0 Å². The molecule has 0 bridgehead atoms. The monoisotopic (exact) mass is 341 g/mol. The number of nitrogens with one attached hydrogen (secondary N) is 2. The highest BCUT2D eigenvalue weighted by atomic mass is 16.5. The number of nitrogens with zero attached hydrogens (tertiary/aromatic N) is 1. The highest BCUT2D eigenvalue weighted by Gasteiger charge is 2.33. The van der Waals surface area contributed by atoms with Gasteiger partial charge in [-0.1, -0.05) is 12.8 Å². The van der Waals surface area contributed by atoms with Gasteiger partial charge in [0.05, 0.1) is 6.61 Å². The summed E-state index contributed by atoms with van der Waals surface area (Å²) in [6, 6.07) is 0. The summed E-state index contributed by atoms with van der Waals surface area (Å²) in [4.78, 5) is 15.6. The molecule has 1 aliphatic carbocycles. The lowest BCUT2D eigenvalue weighted by Crippen LogP contribution is -2.43. The predicted molar refractivity (Wildman–Crippen MR) is 97.2 cm³/mol. The average Bonchev–Trinajstić information content (AvgIpc) is 3.04. The van der Waals surface area contributed by atoms with Crippen molar-refractivity contribution in [1.29, 1.82) is 0 Å². The number of carbonyl (C=O) groups is 1. The molecule has 0 unspecified atom stereocenters. The summed E-state index contributed by atoms with van der Waals surface area (Å²) in [5, 5.41) is 6.73. The number of rotatable bonds is 11. The van der Waals surface area contributed by atoms with Crippen molar-refractivity contribution in [2.45, 2.75) is 58.8 Å². The summed E-state index contributed by atoms with van der Waals surface area (Å²) in [5.41, 5.74) is 0.331. The summed E-state index contributed by atoms with van der Waals surface area (Å²) >= 11 is 0. The first kappa shape index (κ1) is 20.7. The SMILES string of the molecule is CCOCCC1(CNC(=NC)NCCCC(=O)OCC)CCCC1. The second-order valence-electron chi connectivity index (χ2n) is 6.42. The van der Waals surface area contributed by atoms with Gasteiger partial charge in [-0.2, -0.15) is 0 Å². The van der Waals surface area contributed by atoms with E-state index in [0.29, 0.717) is 25.0 Å². The number of aliphatic imine (C=N–C) groups is 1. The molecular formula is C18H35N3O3. The number of carbonyl (C=O) groups excluding carboxylic acids is 1. The maximum Gasteiger partial charge on any atom is 0.305 e. The van der Waals surface area contributed by atoms with Gasteiger partial charge in [-0.3, -0.25) is 9.79 Å². The predicted octanol–water partition coefficient (Wildman–Crippen LogP) is 2.48. The van der Waals surface area contributed by atoms with E-state index in [-0.39, 0.29) is 5.97 Å². The van der Waals surface area contributed by atoms with Crippen LogP contribution in [0.4, 0.5) is 0 Å². The van der Waals surface area contributed by atoms with Gasteiger partial charge in [-0.05, 0) is 44.9 Å². The van der Waals surface area contributed by atoms with Crippen LogP contribution in [0, 0.1) is 5.41 Å². The quantitative estimate of drug-likeness (QED) is 0.261. The first-order valence-corrected chi connectivity index (χ1v) is 9.33. The zero-order valence-electron chi connectivity index (χ0n) is 15.7. The van der Waals surface area contributed by atoms with E-state index in [1.54, 1.807) is 7.05 Å². The Morgan fingerprint density at radius 3 is 2.54 bits per heavy atom. The molecule has 140 valence electrons. The summed E-state index contributed by atoms with van der Waals surface area (Å²) in [5.74, 6) is 0.671. The van der Waals surface area contributed by atoms with Crippen LogP contribution in [0.25, 0.3) is 0 Å². The van der Waals surface area contributed by atoms with Gasteiger partial charge >= 0.3 is 5.97 Å². The summed E-state index contributed by atoms with van der Waals surface area (Å²) in [6.07, 6.45) is 7.41. The zero-order valence-corrected chi connectivity index (χ0v) is 15.7. The van der Waals surface area contributed by atoms with Crippen LogP contribution in [-0.2, 0) is 14.3 Å². The Labute approximate surface area is 146 Å². The Morgan fingerprint density at radius 1 is 1.17 bits per heavy atom. The van der Waals surface area contributed by atoms with E-state index in [4.69, 9.17) is 9.47 Å². The topological polar surface area (TPSA) is 72.0 Å². The molecule has 0 spiro atoms. The molecule has 1 rings (SSSR count). The normalized spacial score (nSPS) is 16.9. The van der Waals surface area contributed by atoms with Crippen molar-refractivity contribution < 1.29 is 14.3 Å². The first-order valence-electron chi connectivity index (χ1n) is 9.33. The standard InChI is InChI=1S/C18H35N3O3/c1-4-23-14-12-18(10-6-7-11-18)15-21-17(19-3)20-13-8-9-16(22)24-5-2/h4-15H2,1-3H3,(H2,19,20,21). The maximum absolute atomic E-state index is 11.3. The second-order valence-corrected chi connectivity index (χ2v) is 6.42. The van der Waals surface area contributed by atoms with Crippen molar-refractivity contribution in [3.8, 4) is 0 Å². The lowest BCUT2D eigenvalue weighted by atomic mass is 9.83. The minimum Gasteiger partial charge on any atom is -0.466 e. The lowest BCUT2D eigenvalue weighted by Gasteiger charge is -2.30. The number of hydrogen-bond donors (Lipinski definition) is 2. The van der Waals surface area contributed by atoms with Gasteiger partial charge in [0.2, 0.25) is 0 Å². The van der Waals surface area contributed by atoms with Crippen molar-refractivity contribution in [3.63, 3.8) is 0 Å². The molecule has 0 aromatic rings. The molecule has 6 heteroatoms. The van der Waals surface area contributed by atoms with Gasteiger partial charge in [0, 0.05) is 39.8 Å². The van der Waals surface area contributed by atoms with Gasteiger partial charge in [-0.15, -0.1) is 0 Å². The number of ether oxygens (including phenoxy) is 2. The Hall–Kier alpha value is -1.30. The van der Waals surface area contributed by atoms with Gasteiger partial charge in [0.15, 0.2) is 5.96 Å². The van der Waals surface area contributed by atoms with E-state index in [2.05, 4.69) is 15.6 Å². The molecule has 6 nitrogen and oxygen atoms in total.